The Morgan fingerprint density at radius 2 is 2.00 bits per heavy atom. The monoisotopic (exact) mass is 529 g/mol. The van der Waals surface area contributed by atoms with Crippen LogP contribution in [0, 0.1) is 5.82 Å². The summed E-state index contributed by atoms with van der Waals surface area (Å²) in [7, 11) is 1.55. The number of hydrogen-bond donors (Lipinski definition) is 2. The van der Waals surface area contributed by atoms with Gasteiger partial charge < -0.3 is 24.8 Å². The molecule has 0 aromatic carbocycles. The third kappa shape index (κ3) is 4.93. The lowest BCUT2D eigenvalue weighted by Crippen LogP contribution is -2.61. The smallest absolute Gasteiger partial charge is 0.263 e. The normalized spacial score (nSPS) is 24.1. The lowest BCUT2D eigenvalue weighted by molar-refractivity contribution is -0.165. The van der Waals surface area contributed by atoms with E-state index in [9.17, 15) is 9.18 Å². The SMILES string of the molecule is COc1ccc2ncc(F)c(CCC34CCC(NCc5ccc6c(n5)NC(=O)CO6)(CC3)CO4)c2n1.Cl. The predicted molar refractivity (Wildman–Crippen MR) is 137 cm³/mol. The molecule has 3 aromatic heterocycles. The van der Waals surface area contributed by atoms with Crippen molar-refractivity contribution < 1.29 is 23.4 Å². The Labute approximate surface area is 219 Å². The van der Waals surface area contributed by atoms with Gasteiger partial charge in [0.25, 0.3) is 5.91 Å². The maximum Gasteiger partial charge on any atom is 0.263 e. The number of pyridine rings is 3. The van der Waals surface area contributed by atoms with Crippen LogP contribution in [-0.2, 0) is 22.5 Å². The molecule has 6 heterocycles. The number of fused-ring (bicyclic) bond motifs is 5. The maximum absolute atomic E-state index is 14.8. The molecule has 9 nitrogen and oxygen atoms in total. The lowest BCUT2D eigenvalue weighted by Gasteiger charge is -2.53. The van der Waals surface area contributed by atoms with E-state index in [1.54, 1.807) is 19.2 Å². The molecule has 3 aromatic rings. The Bertz CT molecular complexity index is 1320. The second kappa shape index (κ2) is 10.00. The van der Waals surface area contributed by atoms with E-state index in [0.717, 1.165) is 37.8 Å². The van der Waals surface area contributed by atoms with Gasteiger partial charge in [0, 0.05) is 23.7 Å². The molecule has 3 fully saturated rings. The third-order valence-corrected chi connectivity index (χ3v) is 7.73. The van der Waals surface area contributed by atoms with Gasteiger partial charge in [-0.3, -0.25) is 9.78 Å². The number of amides is 1. The number of rotatable bonds is 7. The Kier molecular flexibility index (Phi) is 6.91. The maximum atomic E-state index is 14.8. The molecule has 7 rings (SSSR count). The molecule has 1 amide bonds. The molecular weight excluding hydrogens is 501 g/mol. The Morgan fingerprint density at radius 1 is 1.16 bits per heavy atom. The number of nitrogens with zero attached hydrogens (tertiary/aromatic N) is 3. The molecule has 2 N–H and O–H groups in total. The van der Waals surface area contributed by atoms with Crippen molar-refractivity contribution in [3.63, 3.8) is 0 Å². The zero-order chi connectivity index (χ0) is 24.8. The summed E-state index contributed by atoms with van der Waals surface area (Å²) < 4.78 is 31.8. The van der Waals surface area contributed by atoms with Crippen molar-refractivity contribution in [2.45, 2.75) is 56.2 Å². The van der Waals surface area contributed by atoms with E-state index in [0.29, 0.717) is 53.6 Å². The van der Waals surface area contributed by atoms with Gasteiger partial charge in [0.1, 0.15) is 5.82 Å². The summed E-state index contributed by atoms with van der Waals surface area (Å²) in [6.07, 6.45) is 6.29. The number of carbonyl (C=O) groups is 1. The first kappa shape index (κ1) is 25.6. The first-order valence-electron chi connectivity index (χ1n) is 12.3. The van der Waals surface area contributed by atoms with E-state index in [1.807, 2.05) is 12.1 Å². The highest BCUT2D eigenvalue weighted by Crippen LogP contribution is 2.46. The lowest BCUT2D eigenvalue weighted by atomic mass is 9.69. The number of hydrogen-bond acceptors (Lipinski definition) is 8. The van der Waals surface area contributed by atoms with E-state index in [-0.39, 0.29) is 41.9 Å². The number of ether oxygens (including phenoxy) is 3. The molecule has 0 unspecified atom stereocenters. The summed E-state index contributed by atoms with van der Waals surface area (Å²) in [6, 6.07) is 7.29. The molecule has 196 valence electrons. The second-order valence-electron chi connectivity index (χ2n) is 9.90. The van der Waals surface area contributed by atoms with Gasteiger partial charge in [-0.1, -0.05) is 0 Å². The molecule has 2 saturated heterocycles. The van der Waals surface area contributed by atoms with Crippen molar-refractivity contribution >= 4 is 35.2 Å². The molecule has 3 aliphatic heterocycles. The molecular formula is C26H29ClFN5O4. The van der Waals surface area contributed by atoms with Crippen LogP contribution in [0.3, 0.4) is 0 Å². The molecule has 0 atom stereocenters. The first-order chi connectivity index (χ1) is 17.5. The number of aryl methyl sites for hydroxylation is 1. The van der Waals surface area contributed by atoms with Gasteiger partial charge in [-0.2, -0.15) is 0 Å². The number of aromatic nitrogens is 3. The summed E-state index contributed by atoms with van der Waals surface area (Å²) in [6.45, 7) is 1.19. The largest absolute Gasteiger partial charge is 0.481 e. The molecule has 2 bridgehead atoms. The zero-order valence-electron chi connectivity index (χ0n) is 20.5. The summed E-state index contributed by atoms with van der Waals surface area (Å²) in [4.78, 5) is 24.8. The molecule has 11 heteroatoms. The average Bonchev–Trinajstić information content (AvgIpc) is 2.92. The molecule has 0 spiro atoms. The minimum Gasteiger partial charge on any atom is -0.481 e. The topological polar surface area (TPSA) is 107 Å². The van der Waals surface area contributed by atoms with Crippen LogP contribution in [0.25, 0.3) is 11.0 Å². The van der Waals surface area contributed by atoms with Crippen LogP contribution in [0.15, 0.2) is 30.5 Å². The van der Waals surface area contributed by atoms with Crippen molar-refractivity contribution in [2.75, 3.05) is 25.6 Å². The van der Waals surface area contributed by atoms with Crippen molar-refractivity contribution in [2.24, 2.45) is 0 Å². The Balaban J connectivity index is 0.00000280. The summed E-state index contributed by atoms with van der Waals surface area (Å²) >= 11 is 0. The fourth-order valence-electron chi connectivity index (χ4n) is 5.48. The van der Waals surface area contributed by atoms with Crippen molar-refractivity contribution in [3.8, 4) is 11.6 Å². The fourth-order valence-corrected chi connectivity index (χ4v) is 5.48. The summed E-state index contributed by atoms with van der Waals surface area (Å²) in [5.74, 6) is 0.958. The van der Waals surface area contributed by atoms with Crippen LogP contribution < -0.4 is 20.1 Å². The van der Waals surface area contributed by atoms with Crippen molar-refractivity contribution in [1.29, 1.82) is 0 Å². The Hall–Kier alpha value is -3.08. The van der Waals surface area contributed by atoms with Crippen LogP contribution in [0.1, 0.15) is 43.4 Å². The van der Waals surface area contributed by atoms with E-state index >= 15 is 0 Å². The summed E-state index contributed by atoms with van der Waals surface area (Å²) in [5, 5.41) is 6.41. The zero-order valence-corrected chi connectivity index (χ0v) is 21.3. The molecule has 1 saturated carbocycles. The van der Waals surface area contributed by atoms with Crippen LogP contribution in [0.2, 0.25) is 0 Å². The Morgan fingerprint density at radius 3 is 2.76 bits per heavy atom. The molecule has 1 aliphatic carbocycles. The minimum absolute atomic E-state index is 0. The molecule has 4 aliphatic rings. The molecule has 37 heavy (non-hydrogen) atoms. The average molecular weight is 530 g/mol. The standard InChI is InChI=1S/C26H28FN5O4.ClH/c1-34-22-5-3-19-23(32-22)17(18(27)13-28-19)6-7-26-10-8-25(9-11-26,15-36-26)29-12-16-2-4-20-24(30-16)31-21(33)14-35-20;/h2-5,13,29H,6-12,14-15H2,1H3,(H,30,31,33);1H. The fraction of sp³-hybridized carbons (Fsp3) is 0.462. The number of methoxy groups -OCH3 is 1. The van der Waals surface area contributed by atoms with E-state index in [2.05, 4.69) is 25.6 Å². The molecule has 0 radical (unpaired) electrons. The number of nitrogens with one attached hydrogen (secondary N) is 2. The van der Waals surface area contributed by atoms with Gasteiger partial charge in [0.15, 0.2) is 18.2 Å². The highest BCUT2D eigenvalue weighted by molar-refractivity contribution is 5.94. The summed E-state index contributed by atoms with van der Waals surface area (Å²) in [5.41, 5.74) is 2.24. The van der Waals surface area contributed by atoms with Gasteiger partial charge in [-0.05, 0) is 56.7 Å². The third-order valence-electron chi connectivity index (χ3n) is 7.73. The number of anilines is 1. The van der Waals surface area contributed by atoms with E-state index < -0.39 is 0 Å². The van der Waals surface area contributed by atoms with Gasteiger partial charge in [0.2, 0.25) is 5.88 Å². The number of halogens is 2. The van der Waals surface area contributed by atoms with Crippen LogP contribution in [0.5, 0.6) is 11.6 Å². The highest BCUT2D eigenvalue weighted by atomic mass is 35.5. The van der Waals surface area contributed by atoms with E-state index in [4.69, 9.17) is 14.2 Å². The van der Waals surface area contributed by atoms with Gasteiger partial charge in [0.05, 0.1) is 42.2 Å². The second-order valence-corrected chi connectivity index (χ2v) is 9.90. The van der Waals surface area contributed by atoms with Gasteiger partial charge in [-0.25, -0.2) is 14.4 Å². The number of carbonyl (C=O) groups excluding carboxylic acids is 1. The van der Waals surface area contributed by atoms with Crippen molar-refractivity contribution in [3.05, 3.63) is 47.5 Å². The van der Waals surface area contributed by atoms with E-state index in [1.165, 1.54) is 6.20 Å². The minimum atomic E-state index is -0.346. The first-order valence-corrected chi connectivity index (χ1v) is 12.3. The van der Waals surface area contributed by atoms with Crippen LogP contribution in [0.4, 0.5) is 10.2 Å². The van der Waals surface area contributed by atoms with Crippen molar-refractivity contribution in [1.82, 2.24) is 20.3 Å². The highest BCUT2D eigenvalue weighted by Gasteiger charge is 2.49. The van der Waals surface area contributed by atoms with Gasteiger partial charge in [-0.15, -0.1) is 12.4 Å². The predicted octanol–water partition coefficient (Wildman–Crippen LogP) is 3.73. The van der Waals surface area contributed by atoms with Crippen LogP contribution in [-0.4, -0.2) is 52.3 Å². The van der Waals surface area contributed by atoms with Crippen LogP contribution >= 0.6 is 12.4 Å². The quantitative estimate of drug-likeness (QED) is 0.477. The van der Waals surface area contributed by atoms with Gasteiger partial charge >= 0.3 is 0 Å².